The summed E-state index contributed by atoms with van der Waals surface area (Å²) in [6, 6.07) is 4.23. The van der Waals surface area contributed by atoms with Crippen molar-refractivity contribution in [2.75, 3.05) is 19.0 Å². The topological polar surface area (TPSA) is 20.3 Å². The first-order valence-electron chi connectivity index (χ1n) is 5.41. The van der Waals surface area contributed by atoms with E-state index in [0.717, 1.165) is 0 Å². The van der Waals surface area contributed by atoms with Gasteiger partial charge in [-0.15, -0.1) is 11.6 Å². The Bertz CT molecular complexity index is 398. The van der Waals surface area contributed by atoms with Crippen molar-refractivity contribution in [2.24, 2.45) is 0 Å². The van der Waals surface area contributed by atoms with Gasteiger partial charge >= 0.3 is 0 Å². The smallest absolute Gasteiger partial charge is 0.255 e. The highest BCUT2D eigenvalue weighted by molar-refractivity contribution is 6.34. The van der Waals surface area contributed by atoms with E-state index in [-0.39, 0.29) is 16.5 Å². The van der Waals surface area contributed by atoms with Crippen molar-refractivity contribution < 1.29 is 9.18 Å². The normalized spacial score (nSPS) is 10.4. The summed E-state index contributed by atoms with van der Waals surface area (Å²) >= 11 is 11.4. The molecule has 0 saturated heterocycles. The molecule has 0 saturated carbocycles. The van der Waals surface area contributed by atoms with Crippen LogP contribution in [0.1, 0.15) is 23.7 Å². The molecular weight excluding hydrogens is 264 g/mol. The molecule has 0 aliphatic heterocycles. The number of alkyl halides is 1. The molecule has 0 atom stereocenters. The quantitative estimate of drug-likeness (QED) is 0.754. The lowest BCUT2D eigenvalue weighted by Gasteiger charge is -2.21. The standard InChI is InChI=1S/C12H14Cl2FNO/c1-2-16(8-4-7-13)12(17)9-5-3-6-10(15)11(9)14/h3,5-6H,2,4,7-8H2,1H3. The molecule has 0 aliphatic rings. The van der Waals surface area contributed by atoms with Gasteiger partial charge in [0.1, 0.15) is 5.82 Å². The Morgan fingerprint density at radius 3 is 2.76 bits per heavy atom. The van der Waals surface area contributed by atoms with E-state index in [0.29, 0.717) is 25.4 Å². The molecular formula is C12H14Cl2FNO. The summed E-state index contributed by atoms with van der Waals surface area (Å²) < 4.78 is 13.2. The Morgan fingerprint density at radius 1 is 1.47 bits per heavy atom. The third kappa shape index (κ3) is 3.58. The van der Waals surface area contributed by atoms with Gasteiger partial charge in [0.05, 0.1) is 10.6 Å². The zero-order valence-electron chi connectivity index (χ0n) is 9.55. The van der Waals surface area contributed by atoms with Crippen LogP contribution in [0.4, 0.5) is 4.39 Å². The highest BCUT2D eigenvalue weighted by atomic mass is 35.5. The Labute approximate surface area is 110 Å². The van der Waals surface area contributed by atoms with E-state index < -0.39 is 5.82 Å². The van der Waals surface area contributed by atoms with Crippen molar-refractivity contribution >= 4 is 29.1 Å². The number of halogens is 3. The number of benzene rings is 1. The molecule has 1 amide bonds. The van der Waals surface area contributed by atoms with Gasteiger partial charge in [0.2, 0.25) is 0 Å². The maximum Gasteiger partial charge on any atom is 0.255 e. The van der Waals surface area contributed by atoms with Gasteiger partial charge in [-0.3, -0.25) is 4.79 Å². The molecule has 1 rings (SSSR count). The molecule has 0 aliphatic carbocycles. The van der Waals surface area contributed by atoms with Crippen LogP contribution in [0.2, 0.25) is 5.02 Å². The Hall–Kier alpha value is -0.800. The van der Waals surface area contributed by atoms with E-state index >= 15 is 0 Å². The minimum atomic E-state index is -0.578. The fourth-order valence-electron chi connectivity index (χ4n) is 1.49. The first kappa shape index (κ1) is 14.3. The average molecular weight is 278 g/mol. The average Bonchev–Trinajstić information content (AvgIpc) is 2.33. The number of amides is 1. The van der Waals surface area contributed by atoms with Gasteiger partial charge in [-0.2, -0.15) is 0 Å². The summed E-state index contributed by atoms with van der Waals surface area (Å²) in [5.74, 6) is -0.353. The molecule has 1 aromatic rings. The van der Waals surface area contributed by atoms with Gasteiger partial charge in [0, 0.05) is 19.0 Å². The first-order valence-corrected chi connectivity index (χ1v) is 6.32. The van der Waals surface area contributed by atoms with E-state index in [1.165, 1.54) is 18.2 Å². The van der Waals surface area contributed by atoms with Crippen molar-refractivity contribution in [1.29, 1.82) is 0 Å². The Balaban J connectivity index is 2.90. The first-order chi connectivity index (χ1) is 8.11. The van der Waals surface area contributed by atoms with Gasteiger partial charge < -0.3 is 4.90 Å². The van der Waals surface area contributed by atoms with Gasteiger partial charge in [-0.05, 0) is 25.5 Å². The number of nitrogens with zero attached hydrogens (tertiary/aromatic N) is 1. The summed E-state index contributed by atoms with van der Waals surface area (Å²) in [6.45, 7) is 2.95. The van der Waals surface area contributed by atoms with Crippen LogP contribution in [0.25, 0.3) is 0 Å². The van der Waals surface area contributed by atoms with E-state index in [9.17, 15) is 9.18 Å². The second-order valence-corrected chi connectivity index (χ2v) is 4.28. The minimum Gasteiger partial charge on any atom is -0.339 e. The van der Waals surface area contributed by atoms with E-state index in [2.05, 4.69) is 0 Å². The largest absolute Gasteiger partial charge is 0.339 e. The second-order valence-electron chi connectivity index (χ2n) is 3.53. The Morgan fingerprint density at radius 2 is 2.18 bits per heavy atom. The third-order valence-electron chi connectivity index (χ3n) is 2.41. The van der Waals surface area contributed by atoms with Crippen LogP contribution >= 0.6 is 23.2 Å². The lowest BCUT2D eigenvalue weighted by Crippen LogP contribution is -2.32. The van der Waals surface area contributed by atoms with Crippen LogP contribution in [0.15, 0.2) is 18.2 Å². The summed E-state index contributed by atoms with van der Waals surface area (Å²) in [7, 11) is 0. The molecule has 0 heterocycles. The van der Waals surface area contributed by atoms with Crippen molar-refractivity contribution in [3.05, 3.63) is 34.6 Å². The fraction of sp³-hybridized carbons (Fsp3) is 0.417. The summed E-state index contributed by atoms with van der Waals surface area (Å²) in [5.41, 5.74) is 0.197. The molecule has 2 nitrogen and oxygen atoms in total. The predicted molar refractivity (Wildman–Crippen MR) is 68.3 cm³/mol. The number of carbonyl (C=O) groups is 1. The molecule has 0 radical (unpaired) electrons. The van der Waals surface area contributed by atoms with Crippen molar-refractivity contribution in [2.45, 2.75) is 13.3 Å². The number of carbonyl (C=O) groups excluding carboxylic acids is 1. The molecule has 0 unspecified atom stereocenters. The summed E-state index contributed by atoms with van der Waals surface area (Å²) in [4.78, 5) is 13.7. The molecule has 17 heavy (non-hydrogen) atoms. The Kier molecular flexibility index (Phi) is 5.72. The van der Waals surface area contributed by atoms with Gasteiger partial charge in [0.15, 0.2) is 0 Å². The monoisotopic (exact) mass is 277 g/mol. The zero-order valence-corrected chi connectivity index (χ0v) is 11.1. The lowest BCUT2D eigenvalue weighted by molar-refractivity contribution is 0.0764. The lowest BCUT2D eigenvalue weighted by atomic mass is 10.2. The molecule has 0 N–H and O–H groups in total. The van der Waals surface area contributed by atoms with E-state index in [1.54, 1.807) is 4.90 Å². The predicted octanol–water partition coefficient (Wildman–Crippen LogP) is 3.57. The summed E-state index contributed by atoms with van der Waals surface area (Å²) in [5, 5.41) is -0.123. The highest BCUT2D eigenvalue weighted by Crippen LogP contribution is 2.21. The molecule has 0 fully saturated rings. The molecule has 1 aromatic carbocycles. The highest BCUT2D eigenvalue weighted by Gasteiger charge is 2.18. The number of hydrogen-bond donors (Lipinski definition) is 0. The van der Waals surface area contributed by atoms with Crippen molar-refractivity contribution in [3.63, 3.8) is 0 Å². The number of hydrogen-bond acceptors (Lipinski definition) is 1. The van der Waals surface area contributed by atoms with Gasteiger partial charge in [0.25, 0.3) is 5.91 Å². The molecule has 5 heteroatoms. The summed E-state index contributed by atoms with van der Waals surface area (Å²) in [6.07, 6.45) is 0.702. The number of rotatable bonds is 5. The van der Waals surface area contributed by atoms with Crippen LogP contribution < -0.4 is 0 Å². The molecule has 0 bridgehead atoms. The van der Waals surface area contributed by atoms with Crippen molar-refractivity contribution in [3.8, 4) is 0 Å². The van der Waals surface area contributed by atoms with Gasteiger partial charge in [-0.1, -0.05) is 17.7 Å². The third-order valence-corrected chi connectivity index (χ3v) is 3.06. The van der Waals surface area contributed by atoms with E-state index in [1.807, 2.05) is 6.92 Å². The molecule has 0 spiro atoms. The maximum atomic E-state index is 13.2. The zero-order chi connectivity index (χ0) is 12.8. The maximum absolute atomic E-state index is 13.2. The van der Waals surface area contributed by atoms with Crippen molar-refractivity contribution in [1.82, 2.24) is 4.90 Å². The fourth-order valence-corrected chi connectivity index (χ4v) is 1.82. The van der Waals surface area contributed by atoms with Crippen LogP contribution in [-0.2, 0) is 0 Å². The second kappa shape index (κ2) is 6.82. The SMILES string of the molecule is CCN(CCCCl)C(=O)c1cccc(F)c1Cl. The van der Waals surface area contributed by atoms with E-state index in [4.69, 9.17) is 23.2 Å². The van der Waals surface area contributed by atoms with Crippen LogP contribution in [0, 0.1) is 5.82 Å². The van der Waals surface area contributed by atoms with Crippen LogP contribution in [0.3, 0.4) is 0 Å². The van der Waals surface area contributed by atoms with Crippen LogP contribution in [0.5, 0.6) is 0 Å². The molecule has 0 aromatic heterocycles. The minimum absolute atomic E-state index is 0.123. The van der Waals surface area contributed by atoms with Gasteiger partial charge in [-0.25, -0.2) is 4.39 Å². The molecule has 94 valence electrons. The van der Waals surface area contributed by atoms with Crippen LogP contribution in [-0.4, -0.2) is 29.8 Å².